The van der Waals surface area contributed by atoms with Gasteiger partial charge in [0.25, 0.3) is 5.91 Å². The molecule has 1 aromatic heterocycles. The number of imidazole rings is 1. The van der Waals surface area contributed by atoms with Crippen molar-refractivity contribution in [2.45, 2.75) is 31.8 Å². The van der Waals surface area contributed by atoms with E-state index in [1.807, 2.05) is 9.47 Å². The second kappa shape index (κ2) is 4.14. The Balaban J connectivity index is 1.73. The fourth-order valence-corrected chi connectivity index (χ4v) is 3.06. The summed E-state index contributed by atoms with van der Waals surface area (Å²) in [4.78, 5) is 18.5. The molecule has 1 saturated carbocycles. The number of nitrogens with zero attached hydrogens (tertiary/aromatic N) is 3. The SMILES string of the molecule is NCCn1cnc(C(=O)N2CC3CCC2C3)c1. The highest BCUT2D eigenvalue weighted by Gasteiger charge is 2.40. The summed E-state index contributed by atoms with van der Waals surface area (Å²) in [7, 11) is 0. The van der Waals surface area contributed by atoms with Crippen molar-refractivity contribution in [3.63, 3.8) is 0 Å². The maximum absolute atomic E-state index is 12.3. The summed E-state index contributed by atoms with van der Waals surface area (Å²) in [6.45, 7) is 2.21. The smallest absolute Gasteiger partial charge is 0.274 e. The van der Waals surface area contributed by atoms with E-state index in [9.17, 15) is 4.79 Å². The van der Waals surface area contributed by atoms with Crippen LogP contribution in [0.2, 0.25) is 0 Å². The average molecular weight is 234 g/mol. The predicted molar refractivity (Wildman–Crippen MR) is 63.4 cm³/mol. The molecule has 2 fully saturated rings. The van der Waals surface area contributed by atoms with Crippen molar-refractivity contribution in [1.29, 1.82) is 0 Å². The summed E-state index contributed by atoms with van der Waals surface area (Å²) in [6.07, 6.45) is 7.14. The lowest BCUT2D eigenvalue weighted by molar-refractivity contribution is 0.0698. The molecule has 1 amide bonds. The van der Waals surface area contributed by atoms with Crippen molar-refractivity contribution in [1.82, 2.24) is 14.5 Å². The first-order valence-electron chi connectivity index (χ1n) is 6.30. The summed E-state index contributed by atoms with van der Waals surface area (Å²) in [5.41, 5.74) is 6.03. The standard InChI is InChI=1S/C12H18N4O/c13-3-4-15-7-11(14-8-15)12(17)16-6-9-1-2-10(16)5-9/h7-10H,1-6,13H2. The molecule has 2 heterocycles. The van der Waals surface area contributed by atoms with Gasteiger partial charge in [-0.25, -0.2) is 4.98 Å². The van der Waals surface area contributed by atoms with E-state index in [1.54, 1.807) is 12.5 Å². The summed E-state index contributed by atoms with van der Waals surface area (Å²) in [5, 5.41) is 0. The van der Waals surface area contributed by atoms with Crippen LogP contribution in [0.4, 0.5) is 0 Å². The number of nitrogens with two attached hydrogens (primary N) is 1. The molecule has 3 rings (SSSR count). The van der Waals surface area contributed by atoms with Crippen LogP contribution in [0.5, 0.6) is 0 Å². The fourth-order valence-electron chi connectivity index (χ4n) is 3.06. The Hall–Kier alpha value is -1.36. The summed E-state index contributed by atoms with van der Waals surface area (Å²) < 4.78 is 1.88. The van der Waals surface area contributed by atoms with Crippen LogP contribution in [-0.4, -0.2) is 39.5 Å². The van der Waals surface area contributed by atoms with Crippen LogP contribution in [-0.2, 0) is 6.54 Å². The maximum Gasteiger partial charge on any atom is 0.274 e. The van der Waals surface area contributed by atoms with Gasteiger partial charge in [0.05, 0.1) is 6.33 Å². The van der Waals surface area contributed by atoms with E-state index in [-0.39, 0.29) is 5.91 Å². The average Bonchev–Trinajstić information content (AvgIpc) is 3.03. The number of rotatable bonds is 3. The van der Waals surface area contributed by atoms with Crippen molar-refractivity contribution in [3.8, 4) is 0 Å². The molecule has 2 bridgehead atoms. The van der Waals surface area contributed by atoms with Crippen LogP contribution in [0, 0.1) is 5.92 Å². The number of aromatic nitrogens is 2. The highest BCUT2D eigenvalue weighted by Crippen LogP contribution is 2.37. The van der Waals surface area contributed by atoms with Crippen LogP contribution in [0.3, 0.4) is 0 Å². The van der Waals surface area contributed by atoms with E-state index in [0.717, 1.165) is 12.5 Å². The molecule has 1 aliphatic heterocycles. The second-order valence-electron chi connectivity index (χ2n) is 5.08. The van der Waals surface area contributed by atoms with E-state index in [1.165, 1.54) is 19.3 Å². The lowest BCUT2D eigenvalue weighted by Gasteiger charge is -2.26. The number of fused-ring (bicyclic) bond motifs is 2. The van der Waals surface area contributed by atoms with E-state index in [0.29, 0.717) is 24.8 Å². The number of carbonyl (C=O) groups excluding carboxylic acids is 1. The molecular formula is C12H18N4O. The van der Waals surface area contributed by atoms with Gasteiger partial charge in [0.1, 0.15) is 5.69 Å². The van der Waals surface area contributed by atoms with Crippen LogP contribution in [0.25, 0.3) is 0 Å². The van der Waals surface area contributed by atoms with Gasteiger partial charge >= 0.3 is 0 Å². The topological polar surface area (TPSA) is 64.2 Å². The van der Waals surface area contributed by atoms with Gasteiger partial charge in [0, 0.05) is 31.9 Å². The normalized spacial score (nSPS) is 26.8. The van der Waals surface area contributed by atoms with E-state index in [2.05, 4.69) is 4.98 Å². The molecule has 1 aliphatic carbocycles. The zero-order valence-electron chi connectivity index (χ0n) is 9.88. The summed E-state index contributed by atoms with van der Waals surface area (Å²) >= 11 is 0. The Labute approximate surface area is 101 Å². The van der Waals surface area contributed by atoms with Gasteiger partial charge < -0.3 is 15.2 Å². The van der Waals surface area contributed by atoms with E-state index >= 15 is 0 Å². The van der Waals surface area contributed by atoms with Gasteiger partial charge in [-0.2, -0.15) is 0 Å². The highest BCUT2D eigenvalue weighted by atomic mass is 16.2. The molecular weight excluding hydrogens is 216 g/mol. The number of hydrogen-bond donors (Lipinski definition) is 1. The molecule has 2 N–H and O–H groups in total. The maximum atomic E-state index is 12.3. The molecule has 1 saturated heterocycles. The summed E-state index contributed by atoms with van der Waals surface area (Å²) in [6, 6.07) is 0.465. The van der Waals surface area contributed by atoms with Crippen LogP contribution >= 0.6 is 0 Å². The molecule has 0 radical (unpaired) electrons. The molecule has 17 heavy (non-hydrogen) atoms. The highest BCUT2D eigenvalue weighted by molar-refractivity contribution is 5.92. The van der Waals surface area contributed by atoms with Crippen molar-refractivity contribution in [2.75, 3.05) is 13.1 Å². The molecule has 2 unspecified atom stereocenters. The van der Waals surface area contributed by atoms with Crippen molar-refractivity contribution < 1.29 is 4.79 Å². The third-order valence-electron chi connectivity index (χ3n) is 3.91. The van der Waals surface area contributed by atoms with E-state index in [4.69, 9.17) is 5.73 Å². The third-order valence-corrected chi connectivity index (χ3v) is 3.91. The molecule has 5 nitrogen and oxygen atoms in total. The lowest BCUT2D eigenvalue weighted by atomic mass is 10.1. The monoisotopic (exact) mass is 234 g/mol. The van der Waals surface area contributed by atoms with Crippen LogP contribution in [0.15, 0.2) is 12.5 Å². The molecule has 0 spiro atoms. The minimum atomic E-state index is 0.0907. The first-order chi connectivity index (χ1) is 8.28. The Morgan fingerprint density at radius 2 is 2.41 bits per heavy atom. The number of likely N-dealkylation sites (tertiary alicyclic amines) is 1. The van der Waals surface area contributed by atoms with Gasteiger partial charge in [-0.15, -0.1) is 0 Å². The molecule has 2 atom stereocenters. The van der Waals surface area contributed by atoms with Crippen molar-refractivity contribution >= 4 is 5.91 Å². The Morgan fingerprint density at radius 3 is 3.06 bits per heavy atom. The first kappa shape index (κ1) is 10.8. The predicted octanol–water partition coefficient (Wildman–Crippen LogP) is 0.466. The quantitative estimate of drug-likeness (QED) is 0.826. The van der Waals surface area contributed by atoms with Crippen molar-refractivity contribution in [3.05, 3.63) is 18.2 Å². The number of carbonyl (C=O) groups is 1. The summed E-state index contributed by atoms with van der Waals surface area (Å²) in [5.74, 6) is 0.822. The number of amides is 1. The first-order valence-corrected chi connectivity index (χ1v) is 6.30. The number of piperidine rings is 1. The van der Waals surface area contributed by atoms with Gasteiger partial charge in [-0.05, 0) is 25.2 Å². The lowest BCUT2D eigenvalue weighted by Crippen LogP contribution is -2.37. The van der Waals surface area contributed by atoms with Gasteiger partial charge in [0.2, 0.25) is 0 Å². The van der Waals surface area contributed by atoms with Gasteiger partial charge in [-0.3, -0.25) is 4.79 Å². The molecule has 0 aromatic carbocycles. The zero-order chi connectivity index (χ0) is 11.8. The second-order valence-corrected chi connectivity index (χ2v) is 5.08. The molecule has 5 heteroatoms. The van der Waals surface area contributed by atoms with Gasteiger partial charge in [-0.1, -0.05) is 0 Å². The molecule has 1 aromatic rings. The Morgan fingerprint density at radius 1 is 1.53 bits per heavy atom. The van der Waals surface area contributed by atoms with E-state index < -0.39 is 0 Å². The van der Waals surface area contributed by atoms with Crippen molar-refractivity contribution in [2.24, 2.45) is 11.7 Å². The van der Waals surface area contributed by atoms with Gasteiger partial charge in [0.15, 0.2) is 0 Å². The minimum absolute atomic E-state index is 0.0907. The minimum Gasteiger partial charge on any atom is -0.335 e. The molecule has 92 valence electrons. The fraction of sp³-hybridized carbons (Fsp3) is 0.667. The largest absolute Gasteiger partial charge is 0.335 e. The Bertz CT molecular complexity index is 428. The Kier molecular flexibility index (Phi) is 2.63. The third kappa shape index (κ3) is 1.84. The number of hydrogen-bond acceptors (Lipinski definition) is 3. The van der Waals surface area contributed by atoms with Crippen LogP contribution in [0.1, 0.15) is 29.8 Å². The van der Waals surface area contributed by atoms with Crippen LogP contribution < -0.4 is 5.73 Å². The molecule has 2 aliphatic rings. The zero-order valence-corrected chi connectivity index (χ0v) is 9.88.